The van der Waals surface area contributed by atoms with E-state index in [1.807, 2.05) is 18.2 Å². The Morgan fingerprint density at radius 1 is 1.03 bits per heavy atom. The molecule has 182 valence electrons. The number of rotatable bonds is 10. The van der Waals surface area contributed by atoms with Crippen LogP contribution in [0.15, 0.2) is 24.3 Å². The highest BCUT2D eigenvalue weighted by Gasteiger charge is 2.41. The third-order valence-electron chi connectivity index (χ3n) is 8.28. The van der Waals surface area contributed by atoms with E-state index in [0.717, 1.165) is 38.0 Å². The van der Waals surface area contributed by atoms with Gasteiger partial charge in [-0.1, -0.05) is 37.5 Å². The minimum Gasteiger partial charge on any atom is -0.396 e. The van der Waals surface area contributed by atoms with Gasteiger partial charge in [0.1, 0.15) is 0 Å². The van der Waals surface area contributed by atoms with Crippen molar-refractivity contribution in [2.24, 2.45) is 11.7 Å². The second kappa shape index (κ2) is 11.5. The Kier molecular flexibility index (Phi) is 8.42. The van der Waals surface area contributed by atoms with E-state index in [0.29, 0.717) is 42.3 Å². The van der Waals surface area contributed by atoms with Crippen LogP contribution in [0.25, 0.3) is 0 Å². The van der Waals surface area contributed by atoms with Crippen molar-refractivity contribution in [3.05, 3.63) is 35.4 Å². The van der Waals surface area contributed by atoms with Gasteiger partial charge in [0, 0.05) is 50.3 Å². The average molecular weight is 456 g/mol. The van der Waals surface area contributed by atoms with E-state index >= 15 is 0 Å². The van der Waals surface area contributed by atoms with Crippen LogP contribution in [0.4, 0.5) is 0 Å². The first kappa shape index (κ1) is 24.2. The molecular weight excluding hydrogens is 414 g/mol. The summed E-state index contributed by atoms with van der Waals surface area (Å²) in [4.78, 5) is 29.6. The summed E-state index contributed by atoms with van der Waals surface area (Å²) in [5.74, 6) is 0.879. The standard InChI is InChI=1S/C27H41N3O3/c28-27(33)25-10-5-4-9-24(25)21-17-22-12-13-23(18-21)30(22)15-14-29(26(32)11-6-16-31)19-20-7-2-1-3-8-20/h4-5,9-10,20-23,31H,1-3,6-8,11-19H2,(H2,28,33). The maximum Gasteiger partial charge on any atom is 0.248 e. The lowest BCUT2D eigenvalue weighted by Gasteiger charge is -2.41. The quantitative estimate of drug-likeness (QED) is 0.563. The summed E-state index contributed by atoms with van der Waals surface area (Å²) in [6, 6.07) is 8.86. The molecule has 1 aliphatic carbocycles. The number of nitrogens with two attached hydrogens (primary N) is 1. The van der Waals surface area contributed by atoms with E-state index in [1.165, 1.54) is 44.9 Å². The van der Waals surface area contributed by atoms with Gasteiger partial charge in [-0.2, -0.15) is 0 Å². The van der Waals surface area contributed by atoms with Crippen LogP contribution in [0.2, 0.25) is 0 Å². The van der Waals surface area contributed by atoms with Gasteiger partial charge < -0.3 is 15.7 Å². The molecule has 0 radical (unpaired) electrons. The summed E-state index contributed by atoms with van der Waals surface area (Å²) in [5, 5.41) is 9.19. The van der Waals surface area contributed by atoms with E-state index in [-0.39, 0.29) is 18.4 Å². The molecule has 3 N–H and O–H groups in total. The van der Waals surface area contributed by atoms with Crippen LogP contribution in [0, 0.1) is 5.92 Å². The number of aliphatic hydroxyl groups is 1. The molecule has 2 aliphatic heterocycles. The predicted octanol–water partition coefficient (Wildman–Crippen LogP) is 3.68. The van der Waals surface area contributed by atoms with Gasteiger partial charge >= 0.3 is 0 Å². The number of amides is 2. The lowest BCUT2D eigenvalue weighted by atomic mass is 9.82. The molecule has 2 amide bonds. The lowest BCUT2D eigenvalue weighted by molar-refractivity contribution is -0.132. The highest BCUT2D eigenvalue weighted by molar-refractivity contribution is 5.94. The number of nitrogens with zero attached hydrogens (tertiary/aromatic N) is 2. The molecule has 2 bridgehead atoms. The molecule has 0 spiro atoms. The van der Waals surface area contributed by atoms with E-state index in [2.05, 4.69) is 15.9 Å². The number of benzene rings is 1. The van der Waals surface area contributed by atoms with Crippen molar-refractivity contribution in [1.82, 2.24) is 9.80 Å². The fourth-order valence-electron chi connectivity index (χ4n) is 6.59. The zero-order chi connectivity index (χ0) is 23.2. The highest BCUT2D eigenvalue weighted by Crippen LogP contribution is 2.43. The monoisotopic (exact) mass is 455 g/mol. The van der Waals surface area contributed by atoms with Crippen LogP contribution >= 0.6 is 0 Å². The molecule has 2 atom stereocenters. The summed E-state index contributed by atoms with van der Waals surface area (Å²) in [5.41, 5.74) is 7.43. The van der Waals surface area contributed by atoms with Crippen molar-refractivity contribution in [3.63, 3.8) is 0 Å². The van der Waals surface area contributed by atoms with Crippen LogP contribution in [-0.2, 0) is 4.79 Å². The SMILES string of the molecule is NC(=O)c1ccccc1C1CC2CCC(C1)N2CCN(CC1CCCCC1)C(=O)CCCO. The molecule has 6 heteroatoms. The average Bonchev–Trinajstić information content (AvgIpc) is 3.07. The second-order valence-electron chi connectivity index (χ2n) is 10.4. The summed E-state index contributed by atoms with van der Waals surface area (Å²) in [7, 11) is 0. The van der Waals surface area contributed by atoms with Crippen molar-refractivity contribution in [3.8, 4) is 0 Å². The summed E-state index contributed by atoms with van der Waals surface area (Å²) >= 11 is 0. The minimum atomic E-state index is -0.333. The molecular formula is C27H41N3O3. The fraction of sp³-hybridized carbons (Fsp3) is 0.704. The van der Waals surface area contributed by atoms with Crippen LogP contribution in [0.3, 0.4) is 0 Å². The zero-order valence-corrected chi connectivity index (χ0v) is 20.0. The van der Waals surface area contributed by atoms with Gasteiger partial charge in [-0.3, -0.25) is 14.5 Å². The molecule has 0 aromatic heterocycles. The van der Waals surface area contributed by atoms with Crippen LogP contribution in [0.1, 0.15) is 92.5 Å². The van der Waals surface area contributed by atoms with Crippen LogP contribution in [0.5, 0.6) is 0 Å². The maximum atomic E-state index is 12.9. The van der Waals surface area contributed by atoms with Gasteiger partial charge in [-0.25, -0.2) is 0 Å². The summed E-state index contributed by atoms with van der Waals surface area (Å²) in [6.07, 6.45) is 11.9. The number of hydrogen-bond donors (Lipinski definition) is 2. The second-order valence-corrected chi connectivity index (χ2v) is 10.4. The molecule has 6 nitrogen and oxygen atoms in total. The Morgan fingerprint density at radius 3 is 2.39 bits per heavy atom. The topological polar surface area (TPSA) is 86.9 Å². The van der Waals surface area contributed by atoms with E-state index < -0.39 is 0 Å². The van der Waals surface area contributed by atoms with Crippen molar-refractivity contribution in [2.75, 3.05) is 26.2 Å². The molecule has 2 unspecified atom stereocenters. The Hall–Kier alpha value is -1.92. The number of aliphatic hydroxyl groups excluding tert-OH is 1. The number of fused-ring (bicyclic) bond motifs is 2. The molecule has 2 heterocycles. The number of carbonyl (C=O) groups is 2. The van der Waals surface area contributed by atoms with Gasteiger partial charge in [0.25, 0.3) is 0 Å². The van der Waals surface area contributed by atoms with Crippen molar-refractivity contribution in [1.29, 1.82) is 0 Å². The Morgan fingerprint density at radius 2 is 1.73 bits per heavy atom. The van der Waals surface area contributed by atoms with E-state index in [1.54, 1.807) is 0 Å². The fourth-order valence-corrected chi connectivity index (χ4v) is 6.59. The van der Waals surface area contributed by atoms with Gasteiger partial charge in [0.15, 0.2) is 0 Å². The molecule has 2 saturated heterocycles. The Balaban J connectivity index is 1.38. The molecule has 33 heavy (non-hydrogen) atoms. The summed E-state index contributed by atoms with van der Waals surface area (Å²) < 4.78 is 0. The third kappa shape index (κ3) is 5.96. The van der Waals surface area contributed by atoms with Gasteiger partial charge in [0.2, 0.25) is 11.8 Å². The first-order valence-electron chi connectivity index (χ1n) is 13.1. The predicted molar refractivity (Wildman–Crippen MR) is 130 cm³/mol. The normalized spacial score (nSPS) is 25.8. The first-order valence-corrected chi connectivity index (χ1v) is 13.1. The first-order chi connectivity index (χ1) is 16.1. The minimum absolute atomic E-state index is 0.0768. The van der Waals surface area contributed by atoms with Crippen molar-refractivity contribution in [2.45, 2.75) is 88.6 Å². The molecule has 1 saturated carbocycles. The van der Waals surface area contributed by atoms with Gasteiger partial charge in [-0.15, -0.1) is 0 Å². The van der Waals surface area contributed by atoms with Crippen LogP contribution in [-0.4, -0.2) is 65.0 Å². The molecule has 3 aliphatic rings. The Labute approximate surface area is 198 Å². The smallest absolute Gasteiger partial charge is 0.248 e. The van der Waals surface area contributed by atoms with Crippen LogP contribution < -0.4 is 5.73 Å². The Bertz CT molecular complexity index is 794. The highest BCUT2D eigenvalue weighted by atomic mass is 16.3. The van der Waals surface area contributed by atoms with Crippen molar-refractivity contribution >= 4 is 11.8 Å². The van der Waals surface area contributed by atoms with Gasteiger partial charge in [0.05, 0.1) is 0 Å². The zero-order valence-electron chi connectivity index (χ0n) is 20.0. The third-order valence-corrected chi connectivity index (χ3v) is 8.28. The maximum absolute atomic E-state index is 12.9. The molecule has 4 rings (SSSR count). The molecule has 1 aromatic rings. The number of primary amides is 1. The lowest BCUT2D eigenvalue weighted by Crippen LogP contribution is -2.48. The van der Waals surface area contributed by atoms with E-state index in [4.69, 9.17) is 5.73 Å². The number of hydrogen-bond acceptors (Lipinski definition) is 4. The number of carbonyl (C=O) groups excluding carboxylic acids is 2. The summed E-state index contributed by atoms with van der Waals surface area (Å²) in [6.45, 7) is 2.67. The number of piperidine rings is 1. The molecule has 3 fully saturated rings. The molecule has 1 aromatic carbocycles. The van der Waals surface area contributed by atoms with Gasteiger partial charge in [-0.05, 0) is 68.4 Å². The van der Waals surface area contributed by atoms with Crippen molar-refractivity contribution < 1.29 is 14.7 Å². The largest absolute Gasteiger partial charge is 0.396 e. The van der Waals surface area contributed by atoms with E-state index in [9.17, 15) is 14.7 Å².